The standard InChI is InChI=1S/C24H30FN5O3S/c1-24(2,33)21(25)12-27-23(32)17-11-26-22(10-19(17)29-14-4-3-5-16(31)8-14)30-15-6-7-18-20(9-15)34-13-28-18/h6-7,9-11,13-14,16,21,31,33H,3-5,8,12H2,1-2H3,(H,27,32)(H2,26,29,30)/t14?,16?,21-/m1/s1. The van der Waals surface area contributed by atoms with Crippen LogP contribution in [0.2, 0.25) is 0 Å². The molecule has 0 aliphatic heterocycles. The summed E-state index contributed by atoms with van der Waals surface area (Å²) in [6.45, 7) is 2.40. The lowest BCUT2D eigenvalue weighted by Crippen LogP contribution is -2.42. The van der Waals surface area contributed by atoms with Gasteiger partial charge in [0, 0.05) is 24.0 Å². The first-order chi connectivity index (χ1) is 16.2. The molecular formula is C24H30FN5O3S. The van der Waals surface area contributed by atoms with Gasteiger partial charge in [0.2, 0.25) is 0 Å². The van der Waals surface area contributed by atoms with Crippen LogP contribution >= 0.6 is 11.3 Å². The van der Waals surface area contributed by atoms with Gasteiger partial charge in [0.1, 0.15) is 12.0 Å². The van der Waals surface area contributed by atoms with Crippen LogP contribution in [0.1, 0.15) is 49.9 Å². The van der Waals surface area contributed by atoms with Crippen molar-refractivity contribution in [1.82, 2.24) is 15.3 Å². The van der Waals surface area contributed by atoms with Crippen LogP contribution in [-0.2, 0) is 0 Å². The highest BCUT2D eigenvalue weighted by atomic mass is 32.1. The van der Waals surface area contributed by atoms with Gasteiger partial charge in [-0.3, -0.25) is 4.79 Å². The first-order valence-corrected chi connectivity index (χ1v) is 12.3. The molecule has 1 aliphatic rings. The number of nitrogens with zero attached hydrogens (tertiary/aromatic N) is 2. The number of pyridine rings is 1. The predicted molar refractivity (Wildman–Crippen MR) is 133 cm³/mol. The molecule has 2 heterocycles. The number of amides is 1. The maximum Gasteiger partial charge on any atom is 0.255 e. The van der Waals surface area contributed by atoms with E-state index in [0.29, 0.717) is 17.9 Å². The summed E-state index contributed by atoms with van der Waals surface area (Å²) in [7, 11) is 0. The number of aliphatic hydroxyl groups is 2. The number of aromatic nitrogens is 2. The SMILES string of the molecule is CC(C)(O)[C@H](F)CNC(=O)c1cnc(Nc2ccc3ncsc3c2)cc1NC1CCCC(O)C1. The number of anilines is 3. The molecule has 1 aromatic carbocycles. The van der Waals surface area contributed by atoms with Gasteiger partial charge < -0.3 is 26.2 Å². The van der Waals surface area contributed by atoms with Crippen LogP contribution in [0, 0.1) is 0 Å². The van der Waals surface area contributed by atoms with E-state index in [1.807, 2.05) is 18.2 Å². The fourth-order valence-electron chi connectivity index (χ4n) is 3.95. The fraction of sp³-hybridized carbons (Fsp3) is 0.458. The van der Waals surface area contributed by atoms with E-state index in [1.54, 1.807) is 22.9 Å². The van der Waals surface area contributed by atoms with Gasteiger partial charge >= 0.3 is 0 Å². The van der Waals surface area contributed by atoms with Crippen molar-refractivity contribution < 1.29 is 19.4 Å². The monoisotopic (exact) mass is 487 g/mol. The molecule has 3 atom stereocenters. The summed E-state index contributed by atoms with van der Waals surface area (Å²) in [4.78, 5) is 21.6. The molecule has 1 amide bonds. The molecule has 2 aromatic heterocycles. The Bertz CT molecular complexity index is 1150. The minimum absolute atomic E-state index is 0.00407. The minimum atomic E-state index is -1.61. The van der Waals surface area contributed by atoms with Crippen molar-refractivity contribution in [2.75, 3.05) is 17.2 Å². The zero-order valence-corrected chi connectivity index (χ0v) is 20.0. The van der Waals surface area contributed by atoms with Crippen LogP contribution in [0.25, 0.3) is 10.2 Å². The Morgan fingerprint density at radius 2 is 2.12 bits per heavy atom. The Hall–Kier alpha value is -2.82. The van der Waals surface area contributed by atoms with E-state index in [-0.39, 0.29) is 24.3 Å². The number of carbonyl (C=O) groups is 1. The highest BCUT2D eigenvalue weighted by Crippen LogP contribution is 2.28. The molecule has 3 aromatic rings. The third kappa shape index (κ3) is 5.99. The average Bonchev–Trinajstić information content (AvgIpc) is 3.25. The smallest absolute Gasteiger partial charge is 0.255 e. The molecule has 0 saturated heterocycles. The minimum Gasteiger partial charge on any atom is -0.393 e. The molecule has 4 rings (SSSR count). The number of benzene rings is 1. The maximum absolute atomic E-state index is 14.2. The molecule has 10 heteroatoms. The van der Waals surface area contributed by atoms with E-state index in [2.05, 4.69) is 25.9 Å². The van der Waals surface area contributed by atoms with Gasteiger partial charge in [-0.1, -0.05) is 0 Å². The summed E-state index contributed by atoms with van der Waals surface area (Å²) in [6.07, 6.45) is 2.56. The van der Waals surface area contributed by atoms with Crippen molar-refractivity contribution in [3.05, 3.63) is 41.5 Å². The fourth-order valence-corrected chi connectivity index (χ4v) is 4.66. The van der Waals surface area contributed by atoms with Gasteiger partial charge in [-0.15, -0.1) is 11.3 Å². The first-order valence-electron chi connectivity index (χ1n) is 11.4. The normalized spacial score (nSPS) is 19.6. The van der Waals surface area contributed by atoms with Crippen molar-refractivity contribution in [3.63, 3.8) is 0 Å². The van der Waals surface area contributed by atoms with Crippen LogP contribution in [0.5, 0.6) is 0 Å². The lowest BCUT2D eigenvalue weighted by atomic mass is 9.92. The Kier molecular flexibility index (Phi) is 7.30. The van der Waals surface area contributed by atoms with E-state index >= 15 is 0 Å². The molecule has 0 spiro atoms. The molecule has 1 fully saturated rings. The van der Waals surface area contributed by atoms with Gasteiger partial charge in [0.05, 0.1) is 45.2 Å². The lowest BCUT2D eigenvalue weighted by Gasteiger charge is -2.28. The number of alkyl halides is 1. The number of hydrogen-bond acceptors (Lipinski definition) is 8. The summed E-state index contributed by atoms with van der Waals surface area (Å²) in [5, 5.41) is 29.1. The van der Waals surface area contributed by atoms with Crippen molar-refractivity contribution >= 4 is 44.7 Å². The molecule has 0 bridgehead atoms. The topological polar surface area (TPSA) is 119 Å². The van der Waals surface area contributed by atoms with E-state index < -0.39 is 17.7 Å². The van der Waals surface area contributed by atoms with E-state index in [1.165, 1.54) is 20.0 Å². The summed E-state index contributed by atoms with van der Waals surface area (Å²) in [6, 6.07) is 7.57. The van der Waals surface area contributed by atoms with Crippen LogP contribution in [0.4, 0.5) is 21.6 Å². The zero-order valence-electron chi connectivity index (χ0n) is 19.2. The van der Waals surface area contributed by atoms with Crippen LogP contribution in [-0.4, -0.2) is 56.6 Å². The van der Waals surface area contributed by atoms with Crippen molar-refractivity contribution in [2.24, 2.45) is 0 Å². The molecule has 182 valence electrons. The number of nitrogens with one attached hydrogen (secondary N) is 3. The third-order valence-electron chi connectivity index (χ3n) is 5.97. The first kappa shape index (κ1) is 24.3. The number of thiazole rings is 1. The highest BCUT2D eigenvalue weighted by molar-refractivity contribution is 7.16. The van der Waals surface area contributed by atoms with E-state index in [4.69, 9.17) is 0 Å². The largest absolute Gasteiger partial charge is 0.393 e. The number of hydrogen-bond donors (Lipinski definition) is 5. The summed E-state index contributed by atoms with van der Waals surface area (Å²) < 4.78 is 15.2. The molecule has 0 radical (unpaired) electrons. The van der Waals surface area contributed by atoms with Gasteiger partial charge in [-0.25, -0.2) is 14.4 Å². The van der Waals surface area contributed by atoms with E-state index in [0.717, 1.165) is 35.2 Å². The number of rotatable bonds is 8. The molecule has 5 N–H and O–H groups in total. The third-order valence-corrected chi connectivity index (χ3v) is 6.76. The van der Waals surface area contributed by atoms with Gasteiger partial charge in [0.15, 0.2) is 0 Å². The molecule has 2 unspecified atom stereocenters. The second-order valence-corrected chi connectivity index (χ2v) is 10.2. The van der Waals surface area contributed by atoms with Crippen molar-refractivity contribution in [1.29, 1.82) is 0 Å². The molecular weight excluding hydrogens is 457 g/mol. The van der Waals surface area contributed by atoms with Crippen LogP contribution in [0.15, 0.2) is 36.0 Å². The number of halogens is 1. The zero-order chi connectivity index (χ0) is 24.3. The number of aliphatic hydroxyl groups excluding tert-OH is 1. The Balaban J connectivity index is 1.55. The van der Waals surface area contributed by atoms with Crippen molar-refractivity contribution in [3.8, 4) is 0 Å². The molecule has 1 aliphatic carbocycles. The average molecular weight is 488 g/mol. The second-order valence-electron chi connectivity index (χ2n) is 9.27. The van der Waals surface area contributed by atoms with Crippen molar-refractivity contribution in [2.45, 2.75) is 63.4 Å². The van der Waals surface area contributed by atoms with Gasteiger partial charge in [-0.2, -0.15) is 0 Å². The Morgan fingerprint density at radius 3 is 2.88 bits per heavy atom. The Labute approximate surface area is 201 Å². The summed E-state index contributed by atoms with van der Waals surface area (Å²) >= 11 is 1.55. The predicted octanol–water partition coefficient (Wildman–Crippen LogP) is 3.99. The lowest BCUT2D eigenvalue weighted by molar-refractivity contribution is -0.00177. The highest BCUT2D eigenvalue weighted by Gasteiger charge is 2.28. The second kappa shape index (κ2) is 10.2. The van der Waals surface area contributed by atoms with Gasteiger partial charge in [-0.05, 0) is 57.7 Å². The number of fused-ring (bicyclic) bond motifs is 1. The maximum atomic E-state index is 14.2. The van der Waals surface area contributed by atoms with Crippen LogP contribution < -0.4 is 16.0 Å². The molecule has 1 saturated carbocycles. The summed E-state index contributed by atoms with van der Waals surface area (Å²) in [5.74, 6) is 0.0509. The van der Waals surface area contributed by atoms with E-state index in [9.17, 15) is 19.4 Å². The molecule has 34 heavy (non-hydrogen) atoms. The van der Waals surface area contributed by atoms with Gasteiger partial charge in [0.25, 0.3) is 5.91 Å². The molecule has 8 nitrogen and oxygen atoms in total. The van der Waals surface area contributed by atoms with Crippen LogP contribution in [0.3, 0.4) is 0 Å². The quantitative estimate of drug-likeness (QED) is 0.326. The summed E-state index contributed by atoms with van der Waals surface area (Å²) in [5.41, 5.74) is 2.81. The Morgan fingerprint density at radius 1 is 1.29 bits per heavy atom. The number of carbonyl (C=O) groups excluding carboxylic acids is 1.